The lowest BCUT2D eigenvalue weighted by molar-refractivity contribution is 0.170. The van der Waals surface area contributed by atoms with Gasteiger partial charge in [0.05, 0.1) is 25.9 Å². The van der Waals surface area contributed by atoms with Crippen molar-refractivity contribution < 1.29 is 14.9 Å². The molecule has 0 saturated carbocycles. The monoisotopic (exact) mass is 257 g/mol. The summed E-state index contributed by atoms with van der Waals surface area (Å²) in [4.78, 5) is 0. The number of rotatable bonds is 5. The van der Waals surface area contributed by atoms with Gasteiger partial charge in [-0.1, -0.05) is 11.6 Å². The Hall–Kier alpha value is -0.810. The third-order valence-electron chi connectivity index (χ3n) is 2.85. The molecule has 1 aromatic rings. The highest BCUT2D eigenvalue weighted by Crippen LogP contribution is 2.32. The molecule has 0 unspecified atom stereocenters. The lowest BCUT2D eigenvalue weighted by Gasteiger charge is -2.15. The van der Waals surface area contributed by atoms with E-state index < -0.39 is 0 Å². The zero-order valence-electron chi connectivity index (χ0n) is 9.45. The molecule has 2 rings (SSSR count). The largest absolute Gasteiger partial charge is 0.493 e. The van der Waals surface area contributed by atoms with Crippen molar-refractivity contribution in [1.29, 1.82) is 0 Å². The number of benzene rings is 1. The highest BCUT2D eigenvalue weighted by molar-refractivity contribution is 6.30. The molecule has 5 heteroatoms. The van der Waals surface area contributed by atoms with Crippen LogP contribution in [0.2, 0.25) is 5.02 Å². The average Bonchev–Trinajstić information content (AvgIpc) is 2.78. The van der Waals surface area contributed by atoms with E-state index in [0.29, 0.717) is 18.2 Å². The molecule has 17 heavy (non-hydrogen) atoms. The van der Waals surface area contributed by atoms with Gasteiger partial charge in [-0.2, -0.15) is 0 Å². The average molecular weight is 258 g/mol. The Morgan fingerprint density at radius 2 is 2.12 bits per heavy atom. The molecule has 0 atom stereocenters. The lowest BCUT2D eigenvalue weighted by atomic mass is 10.1. The number of hydrogen-bond acceptors (Lipinski definition) is 4. The van der Waals surface area contributed by atoms with E-state index in [0.717, 1.165) is 23.3 Å². The van der Waals surface area contributed by atoms with Crippen molar-refractivity contribution in [2.45, 2.75) is 19.0 Å². The highest BCUT2D eigenvalue weighted by atomic mass is 35.5. The van der Waals surface area contributed by atoms with Crippen molar-refractivity contribution >= 4 is 11.6 Å². The lowest BCUT2D eigenvalue weighted by Crippen LogP contribution is -2.35. The van der Waals surface area contributed by atoms with E-state index in [4.69, 9.17) is 26.6 Å². The van der Waals surface area contributed by atoms with Crippen molar-refractivity contribution in [3.05, 3.63) is 28.3 Å². The smallest absolute Gasteiger partial charge is 0.127 e. The molecule has 94 valence electrons. The number of ether oxygens (including phenoxy) is 1. The molecule has 4 nitrogen and oxygen atoms in total. The Kier molecular flexibility index (Phi) is 4.23. The molecule has 0 bridgehead atoms. The first-order valence-electron chi connectivity index (χ1n) is 5.63. The molecule has 0 amide bonds. The molecule has 0 spiro atoms. The molecule has 0 saturated heterocycles. The van der Waals surface area contributed by atoms with Gasteiger partial charge < -0.3 is 20.3 Å². The standard InChI is InChI=1S/C12H16ClNO3/c13-10-3-8-1-2-17-12(8)9(4-10)5-14-11(6-15)7-16/h3-4,11,14-16H,1-2,5-7H2. The van der Waals surface area contributed by atoms with E-state index in [-0.39, 0.29) is 19.3 Å². The van der Waals surface area contributed by atoms with Crippen LogP contribution in [0.3, 0.4) is 0 Å². The van der Waals surface area contributed by atoms with Gasteiger partial charge in [0.15, 0.2) is 0 Å². The van der Waals surface area contributed by atoms with Crippen LogP contribution in [0, 0.1) is 0 Å². The van der Waals surface area contributed by atoms with Crippen LogP contribution in [0.5, 0.6) is 5.75 Å². The van der Waals surface area contributed by atoms with Crippen LogP contribution < -0.4 is 10.1 Å². The SMILES string of the molecule is OCC(CO)NCc1cc(Cl)cc2c1OCC2. The molecular weight excluding hydrogens is 242 g/mol. The van der Waals surface area contributed by atoms with Gasteiger partial charge in [0.1, 0.15) is 5.75 Å². The number of aliphatic hydroxyl groups excluding tert-OH is 2. The van der Waals surface area contributed by atoms with E-state index in [9.17, 15) is 0 Å². The fourth-order valence-corrected chi connectivity index (χ4v) is 2.18. The number of nitrogens with one attached hydrogen (secondary N) is 1. The normalized spacial score (nSPS) is 13.9. The minimum Gasteiger partial charge on any atom is -0.493 e. The topological polar surface area (TPSA) is 61.7 Å². The first kappa shape index (κ1) is 12.6. The number of hydrogen-bond donors (Lipinski definition) is 3. The molecule has 1 aliphatic heterocycles. The van der Waals surface area contributed by atoms with Crippen LogP contribution >= 0.6 is 11.6 Å². The molecule has 1 aromatic carbocycles. The maximum Gasteiger partial charge on any atom is 0.127 e. The Morgan fingerprint density at radius 3 is 2.82 bits per heavy atom. The Balaban J connectivity index is 2.10. The molecule has 0 aliphatic carbocycles. The van der Waals surface area contributed by atoms with Crippen LogP contribution in [0.15, 0.2) is 12.1 Å². The zero-order chi connectivity index (χ0) is 12.3. The van der Waals surface area contributed by atoms with Gasteiger partial charge in [-0.3, -0.25) is 0 Å². The Bertz CT molecular complexity index is 394. The number of halogens is 1. The predicted molar refractivity (Wildman–Crippen MR) is 65.5 cm³/mol. The van der Waals surface area contributed by atoms with Crippen LogP contribution in [0.4, 0.5) is 0 Å². The van der Waals surface area contributed by atoms with Crippen LogP contribution in [-0.2, 0) is 13.0 Å². The van der Waals surface area contributed by atoms with Gasteiger partial charge in [-0.05, 0) is 17.7 Å². The minimum atomic E-state index is -0.314. The summed E-state index contributed by atoms with van der Waals surface area (Å²) in [6.45, 7) is 1.01. The van der Waals surface area contributed by atoms with Gasteiger partial charge in [-0.15, -0.1) is 0 Å². The zero-order valence-corrected chi connectivity index (χ0v) is 10.2. The van der Waals surface area contributed by atoms with Gasteiger partial charge >= 0.3 is 0 Å². The van der Waals surface area contributed by atoms with E-state index >= 15 is 0 Å². The highest BCUT2D eigenvalue weighted by Gasteiger charge is 2.18. The summed E-state index contributed by atoms with van der Waals surface area (Å²) in [5.41, 5.74) is 2.09. The van der Waals surface area contributed by atoms with Gasteiger partial charge in [0.25, 0.3) is 0 Å². The van der Waals surface area contributed by atoms with E-state index in [1.165, 1.54) is 0 Å². The summed E-state index contributed by atoms with van der Waals surface area (Å²) >= 11 is 6.03. The van der Waals surface area contributed by atoms with Crippen molar-refractivity contribution in [2.75, 3.05) is 19.8 Å². The maximum atomic E-state index is 8.97. The van der Waals surface area contributed by atoms with Crippen LogP contribution in [0.25, 0.3) is 0 Å². The third-order valence-corrected chi connectivity index (χ3v) is 3.07. The second-order valence-corrected chi connectivity index (χ2v) is 4.53. The molecule has 0 aromatic heterocycles. The van der Waals surface area contributed by atoms with Gasteiger partial charge in [0, 0.05) is 23.6 Å². The minimum absolute atomic E-state index is 0.0971. The maximum absolute atomic E-state index is 8.97. The first-order chi connectivity index (χ1) is 8.24. The molecule has 3 N–H and O–H groups in total. The third kappa shape index (κ3) is 2.90. The van der Waals surface area contributed by atoms with Crippen LogP contribution in [-0.4, -0.2) is 36.1 Å². The molecule has 1 aliphatic rings. The Labute approximate surface area is 105 Å². The van der Waals surface area contributed by atoms with E-state index in [1.807, 2.05) is 12.1 Å². The fourth-order valence-electron chi connectivity index (χ4n) is 1.92. The van der Waals surface area contributed by atoms with Gasteiger partial charge in [-0.25, -0.2) is 0 Å². The van der Waals surface area contributed by atoms with Crippen molar-refractivity contribution in [3.63, 3.8) is 0 Å². The van der Waals surface area contributed by atoms with Crippen molar-refractivity contribution in [3.8, 4) is 5.75 Å². The summed E-state index contributed by atoms with van der Waals surface area (Å²) in [7, 11) is 0. The van der Waals surface area contributed by atoms with Crippen molar-refractivity contribution in [1.82, 2.24) is 5.32 Å². The molecule has 1 heterocycles. The summed E-state index contributed by atoms with van der Waals surface area (Å²) < 4.78 is 5.56. The Morgan fingerprint density at radius 1 is 1.35 bits per heavy atom. The summed E-state index contributed by atoms with van der Waals surface area (Å²) in [5, 5.41) is 21.7. The molecular formula is C12H16ClNO3. The second-order valence-electron chi connectivity index (χ2n) is 4.09. The molecule has 0 fully saturated rings. The van der Waals surface area contributed by atoms with Crippen LogP contribution in [0.1, 0.15) is 11.1 Å². The summed E-state index contributed by atoms with van der Waals surface area (Å²) in [6, 6.07) is 3.46. The molecule has 0 radical (unpaired) electrons. The van der Waals surface area contributed by atoms with E-state index in [1.54, 1.807) is 0 Å². The summed E-state index contributed by atoms with van der Waals surface area (Å²) in [5.74, 6) is 0.886. The van der Waals surface area contributed by atoms with Gasteiger partial charge in [0.2, 0.25) is 0 Å². The summed E-state index contributed by atoms with van der Waals surface area (Å²) in [6.07, 6.45) is 0.881. The second kappa shape index (κ2) is 5.69. The van der Waals surface area contributed by atoms with Crippen molar-refractivity contribution in [2.24, 2.45) is 0 Å². The predicted octanol–water partition coefficient (Wildman–Crippen LogP) is 0.718. The fraction of sp³-hybridized carbons (Fsp3) is 0.500. The number of fused-ring (bicyclic) bond motifs is 1. The first-order valence-corrected chi connectivity index (χ1v) is 6.01. The van der Waals surface area contributed by atoms with E-state index in [2.05, 4.69) is 5.32 Å². The quantitative estimate of drug-likeness (QED) is 0.727. The number of aliphatic hydroxyl groups is 2.